The van der Waals surface area contributed by atoms with E-state index in [4.69, 9.17) is 4.74 Å². The van der Waals surface area contributed by atoms with Gasteiger partial charge in [-0.3, -0.25) is 0 Å². The number of hydrogen-bond donors (Lipinski definition) is 1. The largest absolute Gasteiger partial charge is 0.464 e. The van der Waals surface area contributed by atoms with Gasteiger partial charge in [-0.1, -0.05) is 32.4 Å². The number of carbonyl (C=O) groups is 2. The second-order valence-electron chi connectivity index (χ2n) is 3.67. The molecule has 102 valence electrons. The molecule has 1 N–H and O–H groups in total. The molecule has 0 aromatic carbocycles. The lowest BCUT2D eigenvalue weighted by atomic mass is 10.2. The molecule has 1 unspecified atom stereocenters. The van der Waals surface area contributed by atoms with Crippen LogP contribution in [0.2, 0.25) is 0 Å². The predicted molar refractivity (Wildman–Crippen MR) is 68.9 cm³/mol. The summed E-state index contributed by atoms with van der Waals surface area (Å²) in [5.74, 6) is -0.480. The Morgan fingerprint density at radius 1 is 1.33 bits per heavy atom. The van der Waals surface area contributed by atoms with Crippen molar-refractivity contribution in [2.45, 2.75) is 38.6 Å². The van der Waals surface area contributed by atoms with Gasteiger partial charge >= 0.3 is 12.1 Å². The van der Waals surface area contributed by atoms with E-state index in [9.17, 15) is 9.59 Å². The van der Waals surface area contributed by atoms with Gasteiger partial charge in [0.2, 0.25) is 0 Å². The van der Waals surface area contributed by atoms with E-state index < -0.39 is 18.1 Å². The van der Waals surface area contributed by atoms with Crippen LogP contribution in [0.15, 0.2) is 25.5 Å². The third-order valence-electron chi connectivity index (χ3n) is 2.16. The Balaban J connectivity index is 4.13. The molecule has 0 radical (unpaired) electrons. The van der Waals surface area contributed by atoms with E-state index in [-0.39, 0.29) is 0 Å². The Morgan fingerprint density at radius 3 is 2.61 bits per heavy atom. The molecule has 5 nitrogen and oxygen atoms in total. The second-order valence-corrected chi connectivity index (χ2v) is 3.67. The molecule has 0 saturated carbocycles. The zero-order valence-corrected chi connectivity index (χ0v) is 10.8. The summed E-state index contributed by atoms with van der Waals surface area (Å²) in [4.78, 5) is 22.8. The summed E-state index contributed by atoms with van der Waals surface area (Å²) in [5.41, 5.74) is 0. The van der Waals surface area contributed by atoms with Crippen molar-refractivity contribution in [2.75, 3.05) is 6.61 Å². The van der Waals surface area contributed by atoms with Gasteiger partial charge in [0.25, 0.3) is 0 Å². The van der Waals surface area contributed by atoms with Gasteiger partial charge in [-0.25, -0.2) is 9.59 Å². The molecular weight excluding hydrogens is 234 g/mol. The monoisotopic (exact) mass is 255 g/mol. The SMILES string of the molecule is C=CCC(NC(=O)OC=C)C(=O)OCCCCC. The Bertz CT molecular complexity index is 289. The predicted octanol–water partition coefficient (Wildman–Crippen LogP) is 2.53. The molecule has 0 aliphatic heterocycles. The maximum Gasteiger partial charge on any atom is 0.412 e. The van der Waals surface area contributed by atoms with E-state index in [1.54, 1.807) is 0 Å². The van der Waals surface area contributed by atoms with Crippen molar-refractivity contribution in [3.05, 3.63) is 25.5 Å². The fourth-order valence-electron chi connectivity index (χ4n) is 1.26. The molecule has 0 aromatic rings. The number of carbonyl (C=O) groups excluding carboxylic acids is 2. The van der Waals surface area contributed by atoms with Crippen LogP contribution in [0, 0.1) is 0 Å². The minimum Gasteiger partial charge on any atom is -0.464 e. The van der Waals surface area contributed by atoms with Gasteiger partial charge in [0.05, 0.1) is 12.9 Å². The van der Waals surface area contributed by atoms with E-state index >= 15 is 0 Å². The molecule has 0 fully saturated rings. The zero-order valence-electron chi connectivity index (χ0n) is 10.8. The smallest absolute Gasteiger partial charge is 0.412 e. The number of rotatable bonds is 9. The summed E-state index contributed by atoms with van der Waals surface area (Å²) < 4.78 is 9.54. The third kappa shape index (κ3) is 7.49. The maximum absolute atomic E-state index is 11.7. The standard InChI is InChI=1S/C13H21NO4/c1-4-7-8-10-18-12(15)11(9-5-2)14-13(16)17-6-3/h5-6,11H,2-4,7-10H2,1H3,(H,14,16). The van der Waals surface area contributed by atoms with E-state index in [1.807, 2.05) is 0 Å². The Labute approximate surface area is 108 Å². The molecular formula is C13H21NO4. The normalized spacial score (nSPS) is 11.2. The van der Waals surface area contributed by atoms with Crippen LogP contribution >= 0.6 is 0 Å². The third-order valence-corrected chi connectivity index (χ3v) is 2.16. The summed E-state index contributed by atoms with van der Waals surface area (Å²) in [6, 6.07) is -0.767. The molecule has 1 amide bonds. The number of alkyl carbamates (subject to hydrolysis) is 1. The molecule has 0 aliphatic carbocycles. The van der Waals surface area contributed by atoms with Crippen LogP contribution in [0.25, 0.3) is 0 Å². The Kier molecular flexibility index (Phi) is 9.35. The molecule has 0 rings (SSSR count). The Hall–Kier alpha value is -1.78. The zero-order chi connectivity index (χ0) is 13.8. The minimum absolute atomic E-state index is 0.291. The lowest BCUT2D eigenvalue weighted by Crippen LogP contribution is -2.41. The first-order chi connectivity index (χ1) is 8.65. The molecule has 5 heteroatoms. The van der Waals surface area contributed by atoms with Crippen LogP contribution in [0.3, 0.4) is 0 Å². The van der Waals surface area contributed by atoms with Crippen molar-refractivity contribution in [3.63, 3.8) is 0 Å². The van der Waals surface area contributed by atoms with E-state index in [0.29, 0.717) is 13.0 Å². The summed E-state index contributed by atoms with van der Waals surface area (Å²) in [7, 11) is 0. The van der Waals surface area contributed by atoms with Gasteiger partial charge in [0.1, 0.15) is 6.04 Å². The van der Waals surface area contributed by atoms with Crippen molar-refractivity contribution >= 4 is 12.1 Å². The molecule has 18 heavy (non-hydrogen) atoms. The number of hydrogen-bond acceptors (Lipinski definition) is 4. The van der Waals surface area contributed by atoms with Crippen molar-refractivity contribution in [2.24, 2.45) is 0 Å². The van der Waals surface area contributed by atoms with Crippen LogP contribution in [0.1, 0.15) is 32.6 Å². The molecule has 0 bridgehead atoms. The van der Waals surface area contributed by atoms with Crippen LogP contribution in [-0.4, -0.2) is 24.7 Å². The lowest BCUT2D eigenvalue weighted by Gasteiger charge is -2.15. The number of amides is 1. The first-order valence-corrected chi connectivity index (χ1v) is 6.01. The summed E-state index contributed by atoms with van der Waals surface area (Å²) in [5, 5.41) is 2.38. The van der Waals surface area contributed by atoms with Gasteiger partial charge in [-0.2, -0.15) is 0 Å². The molecule has 0 spiro atoms. The van der Waals surface area contributed by atoms with Gasteiger partial charge < -0.3 is 14.8 Å². The summed E-state index contributed by atoms with van der Waals surface area (Å²) in [6.07, 6.45) is 4.96. The second kappa shape index (κ2) is 10.4. The topological polar surface area (TPSA) is 64.6 Å². The molecule has 0 heterocycles. The summed E-state index contributed by atoms with van der Waals surface area (Å²) in [6.45, 7) is 9.20. The highest BCUT2D eigenvalue weighted by molar-refractivity contribution is 5.81. The van der Waals surface area contributed by atoms with Crippen LogP contribution < -0.4 is 5.32 Å². The van der Waals surface area contributed by atoms with E-state index in [0.717, 1.165) is 25.5 Å². The molecule has 0 aliphatic rings. The highest BCUT2D eigenvalue weighted by Crippen LogP contribution is 2.00. The van der Waals surface area contributed by atoms with Crippen LogP contribution in [0.5, 0.6) is 0 Å². The fourth-order valence-corrected chi connectivity index (χ4v) is 1.26. The van der Waals surface area contributed by atoms with Gasteiger partial charge in [-0.15, -0.1) is 6.58 Å². The Morgan fingerprint density at radius 2 is 2.06 bits per heavy atom. The first-order valence-electron chi connectivity index (χ1n) is 6.01. The number of esters is 1. The van der Waals surface area contributed by atoms with Crippen molar-refractivity contribution in [3.8, 4) is 0 Å². The average molecular weight is 255 g/mol. The van der Waals surface area contributed by atoms with Gasteiger partial charge in [0.15, 0.2) is 0 Å². The van der Waals surface area contributed by atoms with Gasteiger partial charge in [-0.05, 0) is 12.8 Å². The molecule has 1 atom stereocenters. The fraction of sp³-hybridized carbons (Fsp3) is 0.538. The van der Waals surface area contributed by atoms with Crippen molar-refractivity contribution in [1.82, 2.24) is 5.32 Å². The quantitative estimate of drug-likeness (QED) is 0.297. The molecule has 0 aromatic heterocycles. The maximum atomic E-state index is 11.7. The summed E-state index contributed by atoms with van der Waals surface area (Å²) >= 11 is 0. The van der Waals surface area contributed by atoms with E-state index in [1.165, 1.54) is 6.08 Å². The lowest BCUT2D eigenvalue weighted by molar-refractivity contribution is -0.146. The van der Waals surface area contributed by atoms with Crippen LogP contribution in [-0.2, 0) is 14.3 Å². The van der Waals surface area contributed by atoms with Crippen LogP contribution in [0.4, 0.5) is 4.79 Å². The number of ether oxygens (including phenoxy) is 2. The van der Waals surface area contributed by atoms with Crippen molar-refractivity contribution < 1.29 is 19.1 Å². The number of nitrogens with one attached hydrogen (secondary N) is 1. The minimum atomic E-state index is -0.767. The highest BCUT2D eigenvalue weighted by Gasteiger charge is 2.21. The molecule has 0 saturated heterocycles. The average Bonchev–Trinajstić information content (AvgIpc) is 2.34. The van der Waals surface area contributed by atoms with Crippen molar-refractivity contribution in [1.29, 1.82) is 0 Å². The highest BCUT2D eigenvalue weighted by atomic mass is 16.5. The van der Waals surface area contributed by atoms with E-state index in [2.05, 4.69) is 30.1 Å². The van der Waals surface area contributed by atoms with Gasteiger partial charge in [0, 0.05) is 0 Å². The number of unbranched alkanes of at least 4 members (excludes halogenated alkanes) is 2. The first kappa shape index (κ1) is 16.2.